The molecule has 0 bridgehead atoms. The second-order valence-electron chi connectivity index (χ2n) is 5.04. The minimum Gasteiger partial charge on any atom is -0.462 e. The number of carbonyl (C=O) groups is 1. The van der Waals surface area contributed by atoms with Crippen LogP contribution in [0.4, 0.5) is 10.7 Å². The molecule has 1 aliphatic carbocycles. The van der Waals surface area contributed by atoms with Crippen LogP contribution in [0.25, 0.3) is 0 Å². The second kappa shape index (κ2) is 5.82. The Morgan fingerprint density at radius 2 is 2.21 bits per heavy atom. The highest BCUT2D eigenvalue weighted by atomic mass is 32.1. The molecular formula is C14H22N2O2S. The summed E-state index contributed by atoms with van der Waals surface area (Å²) < 4.78 is 5.07. The molecule has 0 spiro atoms. The zero-order chi connectivity index (χ0) is 14.0. The van der Waals surface area contributed by atoms with E-state index in [2.05, 4.69) is 19.2 Å². The van der Waals surface area contributed by atoms with Gasteiger partial charge in [-0.15, -0.1) is 11.3 Å². The van der Waals surface area contributed by atoms with E-state index >= 15 is 0 Å². The van der Waals surface area contributed by atoms with E-state index in [4.69, 9.17) is 10.5 Å². The second-order valence-corrected chi connectivity index (χ2v) is 6.06. The minimum absolute atomic E-state index is 0.302. The molecule has 0 amide bonds. The highest BCUT2D eigenvalue weighted by molar-refractivity contribution is 7.18. The van der Waals surface area contributed by atoms with Gasteiger partial charge in [-0.2, -0.15) is 0 Å². The zero-order valence-corrected chi connectivity index (χ0v) is 12.6. The Balaban J connectivity index is 2.30. The number of hydrogen-bond donors (Lipinski definition) is 2. The molecule has 1 aromatic rings. The average molecular weight is 282 g/mol. The van der Waals surface area contributed by atoms with Crippen molar-refractivity contribution < 1.29 is 9.53 Å². The molecule has 3 N–H and O–H groups in total. The molecular weight excluding hydrogens is 260 g/mol. The number of carbonyl (C=O) groups excluding carboxylic acids is 1. The Hall–Kier alpha value is -1.23. The lowest BCUT2D eigenvalue weighted by molar-refractivity contribution is 0.0533. The quantitative estimate of drug-likeness (QED) is 0.783. The van der Waals surface area contributed by atoms with E-state index < -0.39 is 0 Å². The summed E-state index contributed by atoms with van der Waals surface area (Å²) in [6.07, 6.45) is 3.37. The van der Waals surface area contributed by atoms with Crippen molar-refractivity contribution in [1.29, 1.82) is 0 Å². The van der Waals surface area contributed by atoms with Crippen molar-refractivity contribution in [2.24, 2.45) is 0 Å². The molecule has 0 radical (unpaired) electrons. The molecule has 1 aromatic heterocycles. The van der Waals surface area contributed by atoms with E-state index in [-0.39, 0.29) is 5.97 Å². The molecule has 0 saturated heterocycles. The van der Waals surface area contributed by atoms with Crippen LogP contribution in [0.15, 0.2) is 0 Å². The lowest BCUT2D eigenvalue weighted by Crippen LogP contribution is -2.13. The van der Waals surface area contributed by atoms with Gasteiger partial charge in [0.15, 0.2) is 0 Å². The van der Waals surface area contributed by atoms with Crippen molar-refractivity contribution in [1.82, 2.24) is 0 Å². The number of rotatable bonds is 6. The topological polar surface area (TPSA) is 64.3 Å². The van der Waals surface area contributed by atoms with Gasteiger partial charge in [0.25, 0.3) is 0 Å². The lowest BCUT2D eigenvalue weighted by Gasteiger charge is -2.13. The zero-order valence-electron chi connectivity index (χ0n) is 11.8. The fraction of sp³-hybridized carbons (Fsp3) is 0.643. The molecule has 4 nitrogen and oxygen atoms in total. The minimum atomic E-state index is -0.302. The standard InChI is InChI=1S/C14H22N2O2S/c1-4-8(3)16-13-10(9-6-7-9)11(15)12(19-13)14(17)18-5-2/h8-9,16H,4-7,15H2,1-3H3. The van der Waals surface area contributed by atoms with Gasteiger partial charge in [0.2, 0.25) is 0 Å². The van der Waals surface area contributed by atoms with Gasteiger partial charge in [-0.25, -0.2) is 4.79 Å². The summed E-state index contributed by atoms with van der Waals surface area (Å²) in [4.78, 5) is 12.5. The van der Waals surface area contributed by atoms with Crippen molar-refractivity contribution >= 4 is 28.0 Å². The maximum atomic E-state index is 11.9. The van der Waals surface area contributed by atoms with Crippen molar-refractivity contribution in [2.45, 2.75) is 52.0 Å². The van der Waals surface area contributed by atoms with Crippen molar-refractivity contribution in [3.05, 3.63) is 10.4 Å². The largest absolute Gasteiger partial charge is 0.462 e. The number of esters is 1. The van der Waals surface area contributed by atoms with Crippen LogP contribution in [0, 0.1) is 0 Å². The van der Waals surface area contributed by atoms with Gasteiger partial charge >= 0.3 is 5.97 Å². The van der Waals surface area contributed by atoms with E-state index in [0.29, 0.717) is 29.1 Å². The highest BCUT2D eigenvalue weighted by Gasteiger charge is 2.33. The smallest absolute Gasteiger partial charge is 0.350 e. The Morgan fingerprint density at radius 1 is 1.53 bits per heavy atom. The average Bonchev–Trinajstić information content (AvgIpc) is 3.15. The maximum Gasteiger partial charge on any atom is 0.350 e. The van der Waals surface area contributed by atoms with Crippen molar-refractivity contribution in [3.63, 3.8) is 0 Å². The van der Waals surface area contributed by atoms with Gasteiger partial charge in [-0.3, -0.25) is 0 Å². The van der Waals surface area contributed by atoms with Gasteiger partial charge < -0.3 is 15.8 Å². The monoisotopic (exact) mass is 282 g/mol. The first-order chi connectivity index (χ1) is 9.08. The van der Waals surface area contributed by atoms with E-state index in [1.807, 2.05) is 6.92 Å². The number of thiophene rings is 1. The van der Waals surface area contributed by atoms with E-state index in [1.165, 1.54) is 24.2 Å². The SMILES string of the molecule is CCOC(=O)c1sc(NC(C)CC)c(C2CC2)c1N. The third kappa shape index (κ3) is 3.03. The van der Waals surface area contributed by atoms with E-state index in [1.54, 1.807) is 0 Å². The summed E-state index contributed by atoms with van der Waals surface area (Å²) in [6.45, 7) is 6.46. The Kier molecular flexibility index (Phi) is 4.34. The molecule has 2 rings (SSSR count). The van der Waals surface area contributed by atoms with Gasteiger partial charge in [0.1, 0.15) is 4.88 Å². The van der Waals surface area contributed by atoms with Crippen molar-refractivity contribution in [2.75, 3.05) is 17.7 Å². The van der Waals surface area contributed by atoms with Gasteiger partial charge in [-0.1, -0.05) is 6.92 Å². The summed E-state index contributed by atoms with van der Waals surface area (Å²) in [7, 11) is 0. The number of ether oxygens (including phenoxy) is 1. The fourth-order valence-corrected chi connectivity index (χ4v) is 3.23. The number of nitrogens with two attached hydrogens (primary N) is 1. The van der Waals surface area contributed by atoms with Gasteiger partial charge in [-0.05, 0) is 39.0 Å². The Bertz CT molecular complexity index is 466. The number of nitrogen functional groups attached to an aromatic ring is 1. The first-order valence-corrected chi connectivity index (χ1v) is 7.75. The van der Waals surface area contributed by atoms with Crippen molar-refractivity contribution in [3.8, 4) is 0 Å². The summed E-state index contributed by atoms with van der Waals surface area (Å²) in [5, 5.41) is 4.52. The molecule has 1 atom stereocenters. The first-order valence-electron chi connectivity index (χ1n) is 6.94. The molecule has 1 heterocycles. The van der Waals surface area contributed by atoms with Crippen LogP contribution in [0.5, 0.6) is 0 Å². The first kappa shape index (κ1) is 14.2. The number of hydrogen-bond acceptors (Lipinski definition) is 5. The fourth-order valence-electron chi connectivity index (χ4n) is 2.02. The molecule has 0 aromatic carbocycles. The summed E-state index contributed by atoms with van der Waals surface area (Å²) in [5.74, 6) is 0.218. The van der Waals surface area contributed by atoms with Crippen LogP contribution in [-0.4, -0.2) is 18.6 Å². The Labute approximate surface area is 118 Å². The summed E-state index contributed by atoms with van der Waals surface area (Å²) in [6, 6.07) is 0.380. The molecule has 0 aliphatic heterocycles. The van der Waals surface area contributed by atoms with E-state index in [9.17, 15) is 4.79 Å². The third-order valence-electron chi connectivity index (χ3n) is 3.42. The predicted molar refractivity (Wildman–Crippen MR) is 80.0 cm³/mol. The number of anilines is 2. The van der Waals surface area contributed by atoms with Crippen LogP contribution >= 0.6 is 11.3 Å². The predicted octanol–water partition coefficient (Wildman–Crippen LogP) is 3.59. The molecule has 1 unspecified atom stereocenters. The maximum absolute atomic E-state index is 11.9. The third-order valence-corrected chi connectivity index (χ3v) is 4.55. The molecule has 106 valence electrons. The summed E-state index contributed by atoms with van der Waals surface area (Å²) in [5.41, 5.74) is 7.92. The molecule has 1 fully saturated rings. The number of nitrogens with one attached hydrogen (secondary N) is 1. The molecule has 1 aliphatic rings. The highest BCUT2D eigenvalue weighted by Crippen LogP contribution is 2.51. The van der Waals surface area contributed by atoms with Crippen LogP contribution < -0.4 is 11.1 Å². The Morgan fingerprint density at radius 3 is 2.74 bits per heavy atom. The molecule has 1 saturated carbocycles. The van der Waals surface area contributed by atoms with E-state index in [0.717, 1.165) is 17.0 Å². The summed E-state index contributed by atoms with van der Waals surface area (Å²) >= 11 is 1.44. The molecule has 5 heteroatoms. The van der Waals surface area contributed by atoms with Gasteiger partial charge in [0.05, 0.1) is 17.3 Å². The lowest BCUT2D eigenvalue weighted by atomic mass is 10.1. The normalized spacial score (nSPS) is 16.2. The van der Waals surface area contributed by atoms with Gasteiger partial charge in [0, 0.05) is 11.6 Å². The van der Waals surface area contributed by atoms with Crippen LogP contribution in [0.1, 0.15) is 61.2 Å². The van der Waals surface area contributed by atoms with Crippen LogP contribution in [-0.2, 0) is 4.74 Å². The molecule has 19 heavy (non-hydrogen) atoms. The van der Waals surface area contributed by atoms with Crippen LogP contribution in [0.2, 0.25) is 0 Å². The van der Waals surface area contributed by atoms with Crippen LogP contribution in [0.3, 0.4) is 0 Å².